The molecular weight excluding hydrogens is 194 g/mol. The predicted molar refractivity (Wildman–Crippen MR) is 54.9 cm³/mol. The highest BCUT2D eigenvalue weighted by Gasteiger charge is 2.24. The minimum atomic E-state index is -0.322. The maximum absolute atomic E-state index is 11.5. The van der Waals surface area contributed by atoms with Gasteiger partial charge in [0, 0.05) is 31.0 Å². The van der Waals surface area contributed by atoms with Crippen LogP contribution in [0.2, 0.25) is 0 Å². The molecule has 0 fully saturated rings. The molecule has 1 unspecified atom stereocenters. The van der Waals surface area contributed by atoms with Crippen molar-refractivity contribution in [3.05, 3.63) is 12.2 Å². The van der Waals surface area contributed by atoms with E-state index < -0.39 is 0 Å². The molecule has 4 nitrogen and oxygen atoms in total. The van der Waals surface area contributed by atoms with Crippen LogP contribution in [-0.2, 0) is 14.4 Å². The minimum Gasteiger partial charge on any atom is -0.299 e. The molecule has 1 rings (SSSR count). The summed E-state index contributed by atoms with van der Waals surface area (Å²) in [7, 11) is 0. The maximum Gasteiger partial charge on any atom is 0.253 e. The average Bonchev–Trinajstić information content (AvgIpc) is 2.54. The van der Waals surface area contributed by atoms with Crippen LogP contribution in [0.3, 0.4) is 0 Å². The van der Waals surface area contributed by atoms with Crippen LogP contribution in [0.1, 0.15) is 26.7 Å². The third kappa shape index (κ3) is 2.75. The van der Waals surface area contributed by atoms with Crippen LogP contribution in [0.5, 0.6) is 0 Å². The molecule has 0 radical (unpaired) electrons. The number of Topliss-reactive ketones (excluding diaryl/α,β-unsaturated/α-hetero) is 1. The summed E-state index contributed by atoms with van der Waals surface area (Å²) in [4.78, 5) is 34.9. The second kappa shape index (κ2) is 4.87. The first-order valence-corrected chi connectivity index (χ1v) is 5.12. The predicted octanol–water partition coefficient (Wildman–Crippen LogP) is 0.917. The number of ketones is 1. The van der Waals surface area contributed by atoms with Gasteiger partial charge >= 0.3 is 0 Å². The fourth-order valence-electron chi connectivity index (χ4n) is 1.35. The van der Waals surface area contributed by atoms with Crippen LogP contribution < -0.4 is 0 Å². The number of nitrogens with zero attached hydrogens (tertiary/aromatic N) is 1. The lowest BCUT2D eigenvalue weighted by atomic mass is 10.0. The van der Waals surface area contributed by atoms with E-state index in [-0.39, 0.29) is 36.5 Å². The molecule has 82 valence electrons. The van der Waals surface area contributed by atoms with Crippen LogP contribution in [0.15, 0.2) is 12.2 Å². The summed E-state index contributed by atoms with van der Waals surface area (Å²) in [5, 5.41) is 0. The SMILES string of the molecule is CCC(C)C(=O)CCN1C(=O)C=CC1=O. The number of carbonyl (C=O) groups is 3. The number of amides is 2. The Kier molecular flexibility index (Phi) is 3.77. The number of carbonyl (C=O) groups excluding carboxylic acids is 3. The molecule has 0 bridgehead atoms. The minimum absolute atomic E-state index is 0.00534. The van der Waals surface area contributed by atoms with Gasteiger partial charge in [-0.3, -0.25) is 19.3 Å². The molecule has 0 aromatic carbocycles. The van der Waals surface area contributed by atoms with Crippen molar-refractivity contribution in [2.75, 3.05) is 6.54 Å². The molecule has 2 amide bonds. The molecule has 1 aliphatic rings. The molecule has 1 aliphatic heterocycles. The van der Waals surface area contributed by atoms with Crippen LogP contribution in [0.4, 0.5) is 0 Å². The van der Waals surface area contributed by atoms with Gasteiger partial charge in [-0.2, -0.15) is 0 Å². The number of hydrogen-bond acceptors (Lipinski definition) is 3. The van der Waals surface area contributed by atoms with Crippen molar-refractivity contribution in [3.63, 3.8) is 0 Å². The largest absolute Gasteiger partial charge is 0.299 e. The summed E-state index contributed by atoms with van der Waals surface area (Å²) in [6, 6.07) is 0. The van der Waals surface area contributed by atoms with E-state index >= 15 is 0 Å². The third-order valence-electron chi connectivity index (χ3n) is 2.64. The fourth-order valence-corrected chi connectivity index (χ4v) is 1.35. The fraction of sp³-hybridized carbons (Fsp3) is 0.545. The summed E-state index contributed by atoms with van der Waals surface area (Å²) < 4.78 is 0. The van der Waals surface area contributed by atoms with Crippen LogP contribution in [0.25, 0.3) is 0 Å². The van der Waals surface area contributed by atoms with Gasteiger partial charge in [0.2, 0.25) is 0 Å². The smallest absolute Gasteiger partial charge is 0.253 e. The molecule has 15 heavy (non-hydrogen) atoms. The van der Waals surface area contributed by atoms with Crippen LogP contribution >= 0.6 is 0 Å². The van der Waals surface area contributed by atoms with Gasteiger partial charge in [0.1, 0.15) is 5.78 Å². The first-order chi connectivity index (χ1) is 7.06. The quantitative estimate of drug-likeness (QED) is 0.632. The lowest BCUT2D eigenvalue weighted by Crippen LogP contribution is -2.32. The van der Waals surface area contributed by atoms with E-state index in [9.17, 15) is 14.4 Å². The van der Waals surface area contributed by atoms with E-state index in [0.29, 0.717) is 0 Å². The van der Waals surface area contributed by atoms with Gasteiger partial charge < -0.3 is 0 Å². The summed E-state index contributed by atoms with van der Waals surface area (Å²) in [5.41, 5.74) is 0. The van der Waals surface area contributed by atoms with Crippen molar-refractivity contribution in [2.45, 2.75) is 26.7 Å². The van der Waals surface area contributed by atoms with Crippen molar-refractivity contribution in [1.82, 2.24) is 4.90 Å². The zero-order chi connectivity index (χ0) is 11.4. The highest BCUT2D eigenvalue weighted by Crippen LogP contribution is 2.09. The highest BCUT2D eigenvalue weighted by atomic mass is 16.2. The van der Waals surface area contributed by atoms with Crippen molar-refractivity contribution in [3.8, 4) is 0 Å². The first-order valence-electron chi connectivity index (χ1n) is 5.12. The Bertz CT molecular complexity index is 302. The van der Waals surface area contributed by atoms with Crippen LogP contribution in [0, 0.1) is 5.92 Å². The molecule has 1 heterocycles. The van der Waals surface area contributed by atoms with Gasteiger partial charge in [-0.05, 0) is 6.42 Å². The van der Waals surface area contributed by atoms with E-state index in [1.54, 1.807) is 0 Å². The second-order valence-corrected chi connectivity index (χ2v) is 3.69. The average molecular weight is 209 g/mol. The molecule has 0 aliphatic carbocycles. The van der Waals surface area contributed by atoms with Gasteiger partial charge in [0.15, 0.2) is 0 Å². The van der Waals surface area contributed by atoms with Crippen molar-refractivity contribution in [1.29, 1.82) is 0 Å². The van der Waals surface area contributed by atoms with Gasteiger partial charge in [-0.1, -0.05) is 13.8 Å². The topological polar surface area (TPSA) is 54.5 Å². The van der Waals surface area contributed by atoms with E-state index in [4.69, 9.17) is 0 Å². The Morgan fingerprint density at radius 1 is 1.33 bits per heavy atom. The normalized spacial score (nSPS) is 17.3. The van der Waals surface area contributed by atoms with Crippen molar-refractivity contribution >= 4 is 17.6 Å². The highest BCUT2D eigenvalue weighted by molar-refractivity contribution is 6.13. The van der Waals surface area contributed by atoms with E-state index in [1.807, 2.05) is 13.8 Å². The number of imide groups is 1. The Balaban J connectivity index is 2.41. The summed E-state index contributed by atoms with van der Waals surface area (Å²) in [6.45, 7) is 4.00. The van der Waals surface area contributed by atoms with E-state index in [1.165, 1.54) is 12.2 Å². The maximum atomic E-state index is 11.5. The van der Waals surface area contributed by atoms with Gasteiger partial charge in [-0.25, -0.2) is 0 Å². The molecule has 0 aromatic rings. The third-order valence-corrected chi connectivity index (χ3v) is 2.64. The van der Waals surface area contributed by atoms with E-state index in [2.05, 4.69) is 0 Å². The summed E-state index contributed by atoms with van der Waals surface area (Å²) in [5.74, 6) is -0.537. The van der Waals surface area contributed by atoms with Gasteiger partial charge in [0.05, 0.1) is 0 Å². The zero-order valence-electron chi connectivity index (χ0n) is 9.03. The Morgan fingerprint density at radius 3 is 2.33 bits per heavy atom. The Labute approximate surface area is 88.9 Å². The standard InChI is InChI=1S/C11H15NO3/c1-3-8(2)9(13)6-7-12-10(14)4-5-11(12)15/h4-5,8H,3,6-7H2,1-2H3. The van der Waals surface area contributed by atoms with Crippen LogP contribution in [-0.4, -0.2) is 29.0 Å². The molecule has 0 N–H and O–H groups in total. The molecule has 0 saturated carbocycles. The molecule has 0 saturated heterocycles. The van der Waals surface area contributed by atoms with Gasteiger partial charge in [-0.15, -0.1) is 0 Å². The van der Waals surface area contributed by atoms with Crippen molar-refractivity contribution in [2.24, 2.45) is 5.92 Å². The number of rotatable bonds is 5. The summed E-state index contributed by atoms with van der Waals surface area (Å²) in [6.07, 6.45) is 3.51. The Hall–Kier alpha value is -1.45. The van der Waals surface area contributed by atoms with Gasteiger partial charge in [0.25, 0.3) is 11.8 Å². The first kappa shape index (κ1) is 11.6. The Morgan fingerprint density at radius 2 is 1.87 bits per heavy atom. The molecular formula is C11H15NO3. The molecule has 0 aromatic heterocycles. The van der Waals surface area contributed by atoms with E-state index in [0.717, 1.165) is 11.3 Å². The lowest BCUT2D eigenvalue weighted by Gasteiger charge is -2.14. The summed E-state index contributed by atoms with van der Waals surface area (Å²) >= 11 is 0. The molecule has 0 spiro atoms. The lowest BCUT2D eigenvalue weighted by molar-refractivity contribution is -0.137. The monoisotopic (exact) mass is 209 g/mol. The molecule has 1 atom stereocenters. The van der Waals surface area contributed by atoms with Crippen molar-refractivity contribution < 1.29 is 14.4 Å². The number of hydrogen-bond donors (Lipinski definition) is 0. The zero-order valence-corrected chi connectivity index (χ0v) is 9.03. The second-order valence-electron chi connectivity index (χ2n) is 3.69. The molecule has 4 heteroatoms.